The number of nitrogens with two attached hydrogens (primary N) is 1. The minimum atomic E-state index is -0.501. The number of aryl methyl sites for hydroxylation is 1. The number of likely N-dealkylation sites (tertiary alicyclic amines) is 1. The van der Waals surface area contributed by atoms with Crippen LogP contribution in [0.25, 0.3) is 0 Å². The zero-order valence-electron chi connectivity index (χ0n) is 12.1. The van der Waals surface area contributed by atoms with Crippen molar-refractivity contribution < 1.29 is 14.0 Å². The Morgan fingerprint density at radius 1 is 1.38 bits per heavy atom. The molecule has 0 spiro atoms. The van der Waals surface area contributed by atoms with Gasteiger partial charge in [0.1, 0.15) is 5.82 Å². The predicted octanol–water partition coefficient (Wildman–Crippen LogP) is 0.814. The number of rotatable bonds is 4. The summed E-state index contributed by atoms with van der Waals surface area (Å²) in [5.41, 5.74) is 6.00. The van der Waals surface area contributed by atoms with Crippen LogP contribution in [-0.4, -0.2) is 42.4 Å². The van der Waals surface area contributed by atoms with Gasteiger partial charge in [-0.1, -0.05) is 6.07 Å². The lowest BCUT2D eigenvalue weighted by Gasteiger charge is -2.31. The standard InChI is InChI=1S/C15H20FN3O2/c1-10-2-3-12(13(16)8-10)15(21)18-11-4-6-19(7-5-11)9-14(17)20/h2-3,8,11H,4-7,9H2,1H3,(H2,17,20)(H,18,21). The molecule has 1 heterocycles. The van der Waals surface area contributed by atoms with E-state index in [2.05, 4.69) is 5.32 Å². The van der Waals surface area contributed by atoms with Crippen LogP contribution >= 0.6 is 0 Å². The summed E-state index contributed by atoms with van der Waals surface area (Å²) < 4.78 is 13.7. The number of hydrogen-bond acceptors (Lipinski definition) is 3. The Kier molecular flexibility index (Phi) is 4.90. The van der Waals surface area contributed by atoms with Crippen molar-refractivity contribution in [2.45, 2.75) is 25.8 Å². The van der Waals surface area contributed by atoms with Crippen molar-refractivity contribution in [2.75, 3.05) is 19.6 Å². The van der Waals surface area contributed by atoms with E-state index in [0.29, 0.717) is 13.1 Å². The normalized spacial score (nSPS) is 16.7. The van der Waals surface area contributed by atoms with Crippen LogP contribution in [0.4, 0.5) is 4.39 Å². The van der Waals surface area contributed by atoms with E-state index in [0.717, 1.165) is 18.4 Å². The van der Waals surface area contributed by atoms with E-state index in [4.69, 9.17) is 5.73 Å². The number of carbonyl (C=O) groups is 2. The molecule has 21 heavy (non-hydrogen) atoms. The summed E-state index contributed by atoms with van der Waals surface area (Å²) in [5, 5.41) is 2.85. The van der Waals surface area contributed by atoms with Crippen LogP contribution in [-0.2, 0) is 4.79 Å². The molecule has 0 radical (unpaired) electrons. The smallest absolute Gasteiger partial charge is 0.254 e. The highest BCUT2D eigenvalue weighted by Gasteiger charge is 2.22. The number of nitrogens with one attached hydrogen (secondary N) is 1. The molecule has 114 valence electrons. The second kappa shape index (κ2) is 6.67. The van der Waals surface area contributed by atoms with Gasteiger partial charge in [-0.2, -0.15) is 0 Å². The summed E-state index contributed by atoms with van der Waals surface area (Å²) in [4.78, 5) is 24.9. The van der Waals surface area contributed by atoms with Crippen LogP contribution in [0.5, 0.6) is 0 Å². The number of carbonyl (C=O) groups excluding carboxylic acids is 2. The molecule has 0 unspecified atom stereocenters. The molecule has 1 aliphatic heterocycles. The van der Waals surface area contributed by atoms with Crippen LogP contribution in [0.3, 0.4) is 0 Å². The Bertz CT molecular complexity index is 540. The fourth-order valence-corrected chi connectivity index (χ4v) is 2.52. The maximum Gasteiger partial charge on any atom is 0.254 e. The maximum absolute atomic E-state index is 13.7. The van der Waals surface area contributed by atoms with Gasteiger partial charge in [0.2, 0.25) is 5.91 Å². The Balaban J connectivity index is 1.88. The quantitative estimate of drug-likeness (QED) is 0.863. The highest BCUT2D eigenvalue weighted by atomic mass is 19.1. The minimum absolute atomic E-state index is 0.00216. The fraction of sp³-hybridized carbons (Fsp3) is 0.467. The summed E-state index contributed by atoms with van der Waals surface area (Å²) in [7, 11) is 0. The SMILES string of the molecule is Cc1ccc(C(=O)NC2CCN(CC(N)=O)CC2)c(F)c1. The number of benzene rings is 1. The Labute approximate surface area is 123 Å². The second-order valence-electron chi connectivity index (χ2n) is 5.47. The highest BCUT2D eigenvalue weighted by molar-refractivity contribution is 5.94. The second-order valence-corrected chi connectivity index (χ2v) is 5.47. The van der Waals surface area contributed by atoms with Gasteiger partial charge in [-0.25, -0.2) is 4.39 Å². The number of nitrogens with zero attached hydrogens (tertiary/aromatic N) is 1. The van der Waals surface area contributed by atoms with Crippen LogP contribution < -0.4 is 11.1 Å². The van der Waals surface area contributed by atoms with Crippen LogP contribution in [0.2, 0.25) is 0 Å². The molecule has 3 N–H and O–H groups in total. The first-order valence-corrected chi connectivity index (χ1v) is 7.03. The molecule has 1 aliphatic rings. The van der Waals surface area contributed by atoms with E-state index in [1.165, 1.54) is 12.1 Å². The summed E-state index contributed by atoms with van der Waals surface area (Å²) in [6.45, 7) is 3.42. The summed E-state index contributed by atoms with van der Waals surface area (Å²) in [6, 6.07) is 4.57. The average Bonchev–Trinajstić information content (AvgIpc) is 2.40. The number of primary amides is 1. The van der Waals surface area contributed by atoms with Crippen LogP contribution in [0.1, 0.15) is 28.8 Å². The zero-order valence-corrected chi connectivity index (χ0v) is 12.1. The van der Waals surface area contributed by atoms with Crippen molar-refractivity contribution in [3.63, 3.8) is 0 Å². The van der Waals surface area contributed by atoms with Gasteiger partial charge in [0, 0.05) is 19.1 Å². The molecule has 0 aromatic heterocycles. The van der Waals surface area contributed by atoms with Gasteiger partial charge in [0.05, 0.1) is 12.1 Å². The van der Waals surface area contributed by atoms with Crippen LogP contribution in [0, 0.1) is 12.7 Å². The van der Waals surface area contributed by atoms with E-state index in [-0.39, 0.29) is 30.0 Å². The van der Waals surface area contributed by atoms with Crippen molar-refractivity contribution in [1.82, 2.24) is 10.2 Å². The van der Waals surface area contributed by atoms with E-state index in [1.54, 1.807) is 13.0 Å². The Morgan fingerprint density at radius 3 is 2.62 bits per heavy atom. The first kappa shape index (κ1) is 15.4. The topological polar surface area (TPSA) is 75.4 Å². The third-order valence-corrected chi connectivity index (χ3v) is 3.67. The van der Waals surface area contributed by atoms with Gasteiger partial charge in [-0.15, -0.1) is 0 Å². The fourth-order valence-electron chi connectivity index (χ4n) is 2.52. The molecule has 1 fully saturated rings. The maximum atomic E-state index is 13.7. The molecular formula is C15H20FN3O2. The van der Waals surface area contributed by atoms with Crippen LogP contribution in [0.15, 0.2) is 18.2 Å². The summed E-state index contributed by atoms with van der Waals surface area (Å²) >= 11 is 0. The first-order chi connectivity index (χ1) is 9.95. The number of amides is 2. The van der Waals surface area contributed by atoms with E-state index >= 15 is 0 Å². The molecule has 1 aromatic rings. The molecular weight excluding hydrogens is 273 g/mol. The number of piperidine rings is 1. The summed E-state index contributed by atoms with van der Waals surface area (Å²) in [6.07, 6.45) is 1.46. The predicted molar refractivity (Wildman–Crippen MR) is 77.3 cm³/mol. The third kappa shape index (κ3) is 4.26. The molecule has 0 aliphatic carbocycles. The third-order valence-electron chi connectivity index (χ3n) is 3.67. The molecule has 6 heteroatoms. The van der Waals surface area contributed by atoms with Crippen molar-refractivity contribution in [3.8, 4) is 0 Å². The lowest BCUT2D eigenvalue weighted by Crippen LogP contribution is -2.46. The number of hydrogen-bond donors (Lipinski definition) is 2. The van der Waals surface area contributed by atoms with Gasteiger partial charge in [-0.05, 0) is 37.5 Å². The largest absolute Gasteiger partial charge is 0.369 e. The molecule has 1 saturated heterocycles. The van der Waals surface area contributed by atoms with E-state index in [1.807, 2.05) is 4.90 Å². The lowest BCUT2D eigenvalue weighted by atomic mass is 10.0. The van der Waals surface area contributed by atoms with Crippen molar-refractivity contribution in [2.24, 2.45) is 5.73 Å². The molecule has 0 saturated carbocycles. The lowest BCUT2D eigenvalue weighted by molar-refractivity contribution is -0.119. The van der Waals surface area contributed by atoms with Gasteiger partial charge < -0.3 is 11.1 Å². The first-order valence-electron chi connectivity index (χ1n) is 7.03. The molecule has 5 nitrogen and oxygen atoms in total. The van der Waals surface area contributed by atoms with Gasteiger partial charge in [0.25, 0.3) is 5.91 Å². The van der Waals surface area contributed by atoms with E-state index < -0.39 is 5.82 Å². The zero-order chi connectivity index (χ0) is 15.4. The number of halogens is 1. The molecule has 0 bridgehead atoms. The van der Waals surface area contributed by atoms with Gasteiger partial charge in [-0.3, -0.25) is 14.5 Å². The van der Waals surface area contributed by atoms with Gasteiger partial charge in [0.15, 0.2) is 0 Å². The molecule has 0 atom stereocenters. The molecule has 1 aromatic carbocycles. The summed E-state index contributed by atoms with van der Waals surface area (Å²) in [5.74, 6) is -1.24. The van der Waals surface area contributed by atoms with Gasteiger partial charge >= 0.3 is 0 Å². The highest BCUT2D eigenvalue weighted by Crippen LogP contribution is 2.13. The van der Waals surface area contributed by atoms with Crippen molar-refractivity contribution in [1.29, 1.82) is 0 Å². The Hall–Kier alpha value is -1.95. The van der Waals surface area contributed by atoms with Crippen molar-refractivity contribution in [3.05, 3.63) is 35.1 Å². The molecule has 2 amide bonds. The van der Waals surface area contributed by atoms with Crippen molar-refractivity contribution >= 4 is 11.8 Å². The Morgan fingerprint density at radius 2 is 2.05 bits per heavy atom. The minimum Gasteiger partial charge on any atom is -0.369 e. The average molecular weight is 293 g/mol. The monoisotopic (exact) mass is 293 g/mol. The van der Waals surface area contributed by atoms with E-state index in [9.17, 15) is 14.0 Å². The molecule has 2 rings (SSSR count).